The highest BCUT2D eigenvalue weighted by molar-refractivity contribution is 5.73. The normalized spacial score (nSPS) is 12.8. The minimum Gasteiger partial charge on any atom is -0.334 e. The number of benzene rings is 1. The molecule has 1 aromatic carbocycles. The number of aryl methyl sites for hydroxylation is 2. The Morgan fingerprint density at radius 1 is 1.19 bits per heavy atom. The van der Waals surface area contributed by atoms with Crippen molar-refractivity contribution in [3.8, 4) is 0 Å². The number of nitro groups is 1. The van der Waals surface area contributed by atoms with Gasteiger partial charge < -0.3 is 10.7 Å². The Balaban J connectivity index is 1.96. The van der Waals surface area contributed by atoms with Crippen molar-refractivity contribution in [2.75, 3.05) is 10.7 Å². The van der Waals surface area contributed by atoms with E-state index in [0.717, 1.165) is 24.9 Å². The van der Waals surface area contributed by atoms with E-state index in [0.29, 0.717) is 0 Å². The Labute approximate surface area is 120 Å². The van der Waals surface area contributed by atoms with Crippen LogP contribution in [-0.2, 0) is 12.8 Å². The number of hydrogen-bond acceptors (Lipinski definition) is 7. The Hall–Kier alpha value is -2.74. The molecule has 1 aliphatic carbocycles. The quantitative estimate of drug-likeness (QED) is 0.446. The third-order valence-corrected chi connectivity index (χ3v) is 3.50. The number of nitrogen functional groups attached to an aromatic ring is 1. The molecule has 0 bridgehead atoms. The molecule has 0 spiro atoms. The van der Waals surface area contributed by atoms with Crippen molar-refractivity contribution in [2.45, 2.75) is 19.3 Å². The highest BCUT2D eigenvalue weighted by Gasteiger charge is 2.22. The summed E-state index contributed by atoms with van der Waals surface area (Å²) in [5.41, 5.74) is 5.31. The fraction of sp³-hybridized carbons (Fsp3) is 0.231. The smallest absolute Gasteiger partial charge is 0.334 e. The average molecular weight is 286 g/mol. The van der Waals surface area contributed by atoms with Crippen molar-refractivity contribution in [3.05, 3.63) is 45.8 Å². The summed E-state index contributed by atoms with van der Waals surface area (Å²) in [4.78, 5) is 18.3. The molecule has 1 heterocycles. The van der Waals surface area contributed by atoms with E-state index in [1.165, 1.54) is 17.5 Å². The van der Waals surface area contributed by atoms with Crippen LogP contribution >= 0.6 is 0 Å². The highest BCUT2D eigenvalue weighted by Crippen LogP contribution is 2.32. The van der Waals surface area contributed by atoms with Gasteiger partial charge in [-0.2, -0.15) is 0 Å². The first-order chi connectivity index (χ1) is 10.2. The molecule has 0 fully saturated rings. The molecule has 0 atom stereocenters. The van der Waals surface area contributed by atoms with Crippen LogP contribution in [0.4, 0.5) is 23.0 Å². The monoisotopic (exact) mass is 286 g/mol. The molecule has 0 saturated carbocycles. The van der Waals surface area contributed by atoms with Gasteiger partial charge in [0.1, 0.15) is 6.33 Å². The second kappa shape index (κ2) is 5.33. The van der Waals surface area contributed by atoms with Gasteiger partial charge in [0, 0.05) is 5.69 Å². The number of hydrazine groups is 1. The number of nitrogens with zero attached hydrogens (tertiary/aromatic N) is 3. The largest absolute Gasteiger partial charge is 0.354 e. The number of aromatic nitrogens is 2. The van der Waals surface area contributed by atoms with Gasteiger partial charge >= 0.3 is 5.69 Å². The summed E-state index contributed by atoms with van der Waals surface area (Å²) in [6.07, 6.45) is 4.49. The number of rotatable bonds is 4. The Morgan fingerprint density at radius 2 is 1.95 bits per heavy atom. The van der Waals surface area contributed by atoms with Gasteiger partial charge in [-0.05, 0) is 42.5 Å². The van der Waals surface area contributed by atoms with Crippen LogP contribution in [0.5, 0.6) is 0 Å². The van der Waals surface area contributed by atoms with Crippen LogP contribution in [0.2, 0.25) is 0 Å². The van der Waals surface area contributed by atoms with Crippen molar-refractivity contribution in [1.82, 2.24) is 9.97 Å². The van der Waals surface area contributed by atoms with Gasteiger partial charge in [-0.25, -0.2) is 15.8 Å². The van der Waals surface area contributed by atoms with E-state index < -0.39 is 4.92 Å². The fourth-order valence-corrected chi connectivity index (χ4v) is 2.54. The second-order valence-corrected chi connectivity index (χ2v) is 4.78. The zero-order chi connectivity index (χ0) is 14.8. The first kappa shape index (κ1) is 13.3. The molecule has 0 amide bonds. The minimum absolute atomic E-state index is 0.0290. The molecule has 2 aromatic rings. The molecule has 0 aliphatic heterocycles. The van der Waals surface area contributed by atoms with Gasteiger partial charge in [0.2, 0.25) is 11.6 Å². The van der Waals surface area contributed by atoms with E-state index in [-0.39, 0.29) is 17.3 Å². The zero-order valence-corrected chi connectivity index (χ0v) is 11.2. The van der Waals surface area contributed by atoms with Crippen molar-refractivity contribution < 1.29 is 4.92 Å². The van der Waals surface area contributed by atoms with Crippen LogP contribution in [0.1, 0.15) is 17.5 Å². The lowest BCUT2D eigenvalue weighted by Gasteiger charge is -2.09. The SMILES string of the molecule is NNc1ncnc(Nc2ccc3c(c2)CCC3)c1[N+](=O)[O-]. The maximum atomic E-state index is 11.2. The predicted molar refractivity (Wildman–Crippen MR) is 78.2 cm³/mol. The summed E-state index contributed by atoms with van der Waals surface area (Å²) in [5, 5.41) is 14.1. The Kier molecular flexibility index (Phi) is 3.36. The molecule has 0 radical (unpaired) electrons. The summed E-state index contributed by atoms with van der Waals surface area (Å²) in [6, 6.07) is 5.94. The van der Waals surface area contributed by atoms with E-state index in [9.17, 15) is 10.1 Å². The van der Waals surface area contributed by atoms with Crippen molar-refractivity contribution in [3.63, 3.8) is 0 Å². The van der Waals surface area contributed by atoms with Gasteiger partial charge in [0.15, 0.2) is 0 Å². The predicted octanol–water partition coefficient (Wildman–Crippen LogP) is 1.90. The molecular weight excluding hydrogens is 272 g/mol. The minimum atomic E-state index is -0.565. The maximum Gasteiger partial charge on any atom is 0.354 e. The summed E-state index contributed by atoms with van der Waals surface area (Å²) in [6.45, 7) is 0. The summed E-state index contributed by atoms with van der Waals surface area (Å²) < 4.78 is 0. The molecule has 1 aromatic heterocycles. The zero-order valence-electron chi connectivity index (χ0n) is 11.2. The lowest BCUT2D eigenvalue weighted by Crippen LogP contribution is -2.12. The summed E-state index contributed by atoms with van der Waals surface area (Å²) >= 11 is 0. The van der Waals surface area contributed by atoms with E-state index in [1.807, 2.05) is 18.2 Å². The molecule has 0 saturated heterocycles. The molecule has 3 rings (SSSR count). The molecular formula is C13H14N6O2. The van der Waals surface area contributed by atoms with Crippen LogP contribution in [0.3, 0.4) is 0 Å². The van der Waals surface area contributed by atoms with Crippen LogP contribution in [0, 0.1) is 10.1 Å². The van der Waals surface area contributed by atoms with Gasteiger partial charge in [-0.3, -0.25) is 10.1 Å². The number of anilines is 3. The van der Waals surface area contributed by atoms with Crippen molar-refractivity contribution in [1.29, 1.82) is 0 Å². The first-order valence-electron chi connectivity index (χ1n) is 6.54. The highest BCUT2D eigenvalue weighted by atomic mass is 16.6. The molecule has 0 unspecified atom stereocenters. The lowest BCUT2D eigenvalue weighted by molar-refractivity contribution is -0.383. The summed E-state index contributed by atoms with van der Waals surface area (Å²) in [7, 11) is 0. The first-order valence-corrected chi connectivity index (χ1v) is 6.54. The van der Waals surface area contributed by atoms with Crippen LogP contribution in [-0.4, -0.2) is 14.9 Å². The molecule has 21 heavy (non-hydrogen) atoms. The molecule has 8 nitrogen and oxygen atoms in total. The van der Waals surface area contributed by atoms with Crippen LogP contribution < -0.4 is 16.6 Å². The Bertz CT molecular complexity index is 703. The van der Waals surface area contributed by atoms with Crippen molar-refractivity contribution >= 4 is 23.0 Å². The van der Waals surface area contributed by atoms with E-state index >= 15 is 0 Å². The standard InChI is InChI=1S/C13H14N6O2/c14-18-13-11(19(20)21)12(15-7-16-13)17-10-5-4-8-2-1-3-9(8)6-10/h4-7H,1-3,14H2,(H2,15,16,17,18). The van der Waals surface area contributed by atoms with Gasteiger partial charge in [0.25, 0.3) is 0 Å². The topological polar surface area (TPSA) is 119 Å². The second-order valence-electron chi connectivity index (χ2n) is 4.78. The number of hydrogen-bond donors (Lipinski definition) is 3. The molecule has 4 N–H and O–H groups in total. The van der Waals surface area contributed by atoms with Crippen LogP contribution in [0.25, 0.3) is 0 Å². The molecule has 1 aliphatic rings. The third kappa shape index (κ3) is 2.48. The number of fused-ring (bicyclic) bond motifs is 1. The van der Waals surface area contributed by atoms with Crippen molar-refractivity contribution in [2.24, 2.45) is 5.84 Å². The average Bonchev–Trinajstić information content (AvgIpc) is 2.94. The Morgan fingerprint density at radius 3 is 2.71 bits per heavy atom. The number of nitrogens with one attached hydrogen (secondary N) is 2. The van der Waals surface area contributed by atoms with Gasteiger partial charge in [-0.15, -0.1) is 0 Å². The summed E-state index contributed by atoms with van der Waals surface area (Å²) in [5.74, 6) is 5.33. The van der Waals surface area contributed by atoms with Gasteiger partial charge in [0.05, 0.1) is 4.92 Å². The maximum absolute atomic E-state index is 11.2. The van der Waals surface area contributed by atoms with Crippen LogP contribution in [0.15, 0.2) is 24.5 Å². The number of nitrogens with two attached hydrogens (primary N) is 1. The third-order valence-electron chi connectivity index (χ3n) is 3.50. The fourth-order valence-electron chi connectivity index (χ4n) is 2.54. The molecule has 8 heteroatoms. The molecule has 108 valence electrons. The lowest BCUT2D eigenvalue weighted by atomic mass is 10.1. The van der Waals surface area contributed by atoms with E-state index in [4.69, 9.17) is 5.84 Å². The van der Waals surface area contributed by atoms with E-state index in [2.05, 4.69) is 20.7 Å². The van der Waals surface area contributed by atoms with Gasteiger partial charge in [-0.1, -0.05) is 6.07 Å². The van der Waals surface area contributed by atoms with E-state index in [1.54, 1.807) is 0 Å².